The lowest BCUT2D eigenvalue weighted by atomic mass is 10.0. The maximum Gasteiger partial charge on any atom is 0.365 e. The Kier molecular flexibility index (Phi) is 8.79. The molecule has 6 nitrogen and oxygen atoms in total. The fourth-order valence-corrected chi connectivity index (χ4v) is 3.46. The first-order valence-electron chi connectivity index (χ1n) is 11.0. The van der Waals surface area contributed by atoms with Crippen molar-refractivity contribution in [3.05, 3.63) is 65.7 Å². The Balaban J connectivity index is 1.70. The standard InChI is InChI=1S/C25H30N2O4/c1-2-3-4-8-11-23(26-31-25(29)21-9-6-5-7-10-21)24(28)20-12-14-22(15-13-20)27-16-18-30-19-17-27/h5-7,9-10,12-15H,2-4,8,11,16-19H2,1H3. The number of nitrogens with zero attached hydrogens (tertiary/aromatic N) is 2. The molecule has 1 aliphatic heterocycles. The van der Waals surface area contributed by atoms with Crippen LogP contribution in [0.2, 0.25) is 0 Å². The van der Waals surface area contributed by atoms with Gasteiger partial charge in [-0.1, -0.05) is 49.5 Å². The Hall–Kier alpha value is -2.99. The van der Waals surface area contributed by atoms with Gasteiger partial charge in [-0.15, -0.1) is 0 Å². The summed E-state index contributed by atoms with van der Waals surface area (Å²) in [4.78, 5) is 32.7. The van der Waals surface area contributed by atoms with Crippen molar-refractivity contribution >= 4 is 23.2 Å². The number of anilines is 1. The van der Waals surface area contributed by atoms with Crippen molar-refractivity contribution in [2.24, 2.45) is 5.16 Å². The van der Waals surface area contributed by atoms with Crippen LogP contribution in [-0.4, -0.2) is 43.8 Å². The normalized spacial score (nSPS) is 14.4. The SMILES string of the molecule is CCCCCCC(=NOC(=O)c1ccccc1)C(=O)c1ccc(N2CCOCC2)cc1. The van der Waals surface area contributed by atoms with Gasteiger partial charge >= 0.3 is 5.97 Å². The van der Waals surface area contributed by atoms with Gasteiger partial charge in [0.05, 0.1) is 18.8 Å². The Morgan fingerprint density at radius 2 is 1.65 bits per heavy atom. The molecule has 6 heteroatoms. The lowest BCUT2D eigenvalue weighted by Crippen LogP contribution is -2.36. The Morgan fingerprint density at radius 1 is 0.935 bits per heavy atom. The lowest BCUT2D eigenvalue weighted by Gasteiger charge is -2.28. The molecule has 0 saturated carbocycles. The summed E-state index contributed by atoms with van der Waals surface area (Å²) in [5, 5.41) is 3.98. The molecule has 31 heavy (non-hydrogen) atoms. The number of ether oxygens (including phenoxy) is 1. The number of hydrogen-bond donors (Lipinski definition) is 0. The van der Waals surface area contributed by atoms with E-state index in [0.29, 0.717) is 30.8 Å². The highest BCUT2D eigenvalue weighted by Crippen LogP contribution is 2.18. The van der Waals surface area contributed by atoms with E-state index in [1.807, 2.05) is 30.3 Å². The molecule has 1 saturated heterocycles. The molecule has 2 aromatic carbocycles. The van der Waals surface area contributed by atoms with Crippen LogP contribution in [0.5, 0.6) is 0 Å². The van der Waals surface area contributed by atoms with Gasteiger partial charge in [-0.05, 0) is 49.2 Å². The third-order valence-corrected chi connectivity index (χ3v) is 5.28. The van der Waals surface area contributed by atoms with Gasteiger partial charge < -0.3 is 14.5 Å². The van der Waals surface area contributed by atoms with E-state index in [-0.39, 0.29) is 11.5 Å². The molecule has 0 unspecified atom stereocenters. The summed E-state index contributed by atoms with van der Waals surface area (Å²) in [6.07, 6.45) is 4.51. The summed E-state index contributed by atoms with van der Waals surface area (Å²) >= 11 is 0. The molecule has 0 N–H and O–H groups in total. The predicted octanol–water partition coefficient (Wildman–Crippen LogP) is 4.89. The molecule has 0 aromatic heterocycles. The first-order valence-corrected chi connectivity index (χ1v) is 11.0. The number of Topliss-reactive ketones (excluding diaryl/α,β-unsaturated/α-hetero) is 1. The molecular weight excluding hydrogens is 392 g/mol. The topological polar surface area (TPSA) is 68.2 Å². The fourth-order valence-electron chi connectivity index (χ4n) is 3.46. The highest BCUT2D eigenvalue weighted by molar-refractivity contribution is 6.45. The summed E-state index contributed by atoms with van der Waals surface area (Å²) in [7, 11) is 0. The summed E-state index contributed by atoms with van der Waals surface area (Å²) in [6.45, 7) is 5.24. The van der Waals surface area contributed by atoms with E-state index in [4.69, 9.17) is 9.57 Å². The van der Waals surface area contributed by atoms with Crippen LogP contribution in [-0.2, 0) is 9.57 Å². The van der Waals surface area contributed by atoms with Crippen molar-refractivity contribution in [3.8, 4) is 0 Å². The molecule has 1 fully saturated rings. The van der Waals surface area contributed by atoms with Crippen LogP contribution in [0.25, 0.3) is 0 Å². The van der Waals surface area contributed by atoms with E-state index in [0.717, 1.165) is 44.5 Å². The number of hydrogen-bond acceptors (Lipinski definition) is 6. The van der Waals surface area contributed by atoms with Crippen molar-refractivity contribution in [3.63, 3.8) is 0 Å². The van der Waals surface area contributed by atoms with Gasteiger partial charge in [-0.3, -0.25) is 4.79 Å². The minimum absolute atomic E-state index is 0.203. The molecule has 0 spiro atoms. The van der Waals surface area contributed by atoms with Crippen molar-refractivity contribution in [1.29, 1.82) is 0 Å². The minimum atomic E-state index is -0.567. The van der Waals surface area contributed by atoms with Gasteiger partial charge in [0.15, 0.2) is 0 Å². The molecule has 0 aliphatic carbocycles. The van der Waals surface area contributed by atoms with Gasteiger partial charge in [-0.25, -0.2) is 4.79 Å². The summed E-state index contributed by atoms with van der Waals surface area (Å²) in [5.74, 6) is -0.770. The molecule has 0 amide bonds. The van der Waals surface area contributed by atoms with Crippen LogP contribution in [0.1, 0.15) is 59.7 Å². The summed E-state index contributed by atoms with van der Waals surface area (Å²) in [5.41, 5.74) is 2.29. The smallest absolute Gasteiger partial charge is 0.365 e. The van der Waals surface area contributed by atoms with E-state index >= 15 is 0 Å². The quantitative estimate of drug-likeness (QED) is 0.179. The molecule has 0 atom stereocenters. The van der Waals surface area contributed by atoms with Crippen LogP contribution in [0.15, 0.2) is 59.8 Å². The summed E-state index contributed by atoms with van der Waals surface area (Å²) in [6, 6.07) is 16.2. The van der Waals surface area contributed by atoms with Gasteiger partial charge in [-0.2, -0.15) is 0 Å². The zero-order valence-electron chi connectivity index (χ0n) is 18.1. The van der Waals surface area contributed by atoms with Gasteiger partial charge in [0.2, 0.25) is 5.78 Å². The second-order valence-electron chi connectivity index (χ2n) is 7.57. The average molecular weight is 423 g/mol. The molecule has 0 radical (unpaired) electrons. The molecule has 0 bridgehead atoms. The number of morpholine rings is 1. The van der Waals surface area contributed by atoms with E-state index in [9.17, 15) is 9.59 Å². The molecule has 2 aromatic rings. The van der Waals surface area contributed by atoms with Gasteiger partial charge in [0.25, 0.3) is 0 Å². The van der Waals surface area contributed by atoms with Gasteiger partial charge in [0, 0.05) is 24.3 Å². The number of benzene rings is 2. The third kappa shape index (κ3) is 6.76. The maximum atomic E-state index is 13.1. The lowest BCUT2D eigenvalue weighted by molar-refractivity contribution is 0.0514. The largest absolute Gasteiger partial charge is 0.378 e. The third-order valence-electron chi connectivity index (χ3n) is 5.28. The molecule has 164 valence electrons. The first kappa shape index (κ1) is 22.7. The van der Waals surface area contributed by atoms with E-state index in [1.54, 1.807) is 24.3 Å². The van der Waals surface area contributed by atoms with Crippen molar-refractivity contribution in [1.82, 2.24) is 0 Å². The van der Waals surface area contributed by atoms with Crippen molar-refractivity contribution in [2.75, 3.05) is 31.2 Å². The number of carbonyl (C=O) groups excluding carboxylic acids is 2. The highest BCUT2D eigenvalue weighted by atomic mass is 16.7. The van der Waals surface area contributed by atoms with Crippen LogP contribution in [0.4, 0.5) is 5.69 Å². The maximum absolute atomic E-state index is 13.1. The Labute approximate surface area is 183 Å². The molecule has 1 heterocycles. The second kappa shape index (κ2) is 12.0. The fraction of sp³-hybridized carbons (Fsp3) is 0.400. The van der Waals surface area contributed by atoms with Crippen molar-refractivity contribution in [2.45, 2.75) is 39.0 Å². The van der Waals surface area contributed by atoms with Crippen LogP contribution < -0.4 is 4.90 Å². The number of oxime groups is 1. The Morgan fingerprint density at radius 3 is 2.32 bits per heavy atom. The van der Waals surface area contributed by atoms with Crippen LogP contribution >= 0.6 is 0 Å². The van der Waals surface area contributed by atoms with E-state index < -0.39 is 5.97 Å². The number of ketones is 1. The molecular formula is C25H30N2O4. The minimum Gasteiger partial charge on any atom is -0.378 e. The van der Waals surface area contributed by atoms with Crippen LogP contribution in [0, 0.1) is 0 Å². The van der Waals surface area contributed by atoms with Gasteiger partial charge in [0.1, 0.15) is 5.71 Å². The van der Waals surface area contributed by atoms with E-state index in [1.165, 1.54) is 0 Å². The zero-order valence-corrected chi connectivity index (χ0v) is 18.1. The summed E-state index contributed by atoms with van der Waals surface area (Å²) < 4.78 is 5.39. The monoisotopic (exact) mass is 422 g/mol. The predicted molar refractivity (Wildman–Crippen MR) is 122 cm³/mol. The average Bonchev–Trinajstić information content (AvgIpc) is 2.84. The number of unbranched alkanes of at least 4 members (excludes halogenated alkanes) is 3. The number of rotatable bonds is 10. The molecule has 1 aliphatic rings. The van der Waals surface area contributed by atoms with E-state index in [2.05, 4.69) is 17.0 Å². The van der Waals surface area contributed by atoms with Crippen LogP contribution in [0.3, 0.4) is 0 Å². The first-order chi connectivity index (χ1) is 15.2. The highest BCUT2D eigenvalue weighted by Gasteiger charge is 2.18. The zero-order chi connectivity index (χ0) is 21.9. The second-order valence-corrected chi connectivity index (χ2v) is 7.57. The Bertz CT molecular complexity index is 872. The van der Waals surface area contributed by atoms with Crippen molar-refractivity contribution < 1.29 is 19.2 Å². The number of carbonyl (C=O) groups is 2. The molecule has 3 rings (SSSR count).